The van der Waals surface area contributed by atoms with Crippen molar-refractivity contribution >= 4 is 5.91 Å². The molecule has 0 aromatic heterocycles. The van der Waals surface area contributed by atoms with Crippen molar-refractivity contribution in [2.75, 3.05) is 6.54 Å². The number of rotatable bonds is 6. The van der Waals surface area contributed by atoms with Crippen LogP contribution in [0.5, 0.6) is 0 Å². The molecule has 0 aromatic carbocycles. The summed E-state index contributed by atoms with van der Waals surface area (Å²) < 4.78 is 0. The minimum Gasteiger partial charge on any atom is -0.369 e. The summed E-state index contributed by atoms with van der Waals surface area (Å²) in [6, 6.07) is 0. The van der Waals surface area contributed by atoms with Gasteiger partial charge in [0, 0.05) is 6.54 Å². The Hall–Kier alpha value is -1.61. The normalized spacial score (nSPS) is 19.2. The molecule has 0 saturated carbocycles. The van der Waals surface area contributed by atoms with E-state index in [-0.39, 0.29) is 11.8 Å². The summed E-state index contributed by atoms with van der Waals surface area (Å²) in [4.78, 5) is 11.3. The first-order chi connectivity index (χ1) is 9.04. The number of amides is 1. The molecule has 0 bridgehead atoms. The number of allylic oxidation sites excluding steroid dienone is 8. The van der Waals surface area contributed by atoms with Gasteiger partial charge >= 0.3 is 0 Å². The van der Waals surface area contributed by atoms with Gasteiger partial charge in [0.1, 0.15) is 0 Å². The lowest BCUT2D eigenvalue weighted by Crippen LogP contribution is -2.30. The molecule has 3 nitrogen and oxygen atoms in total. The molecular weight excluding hydrogens is 236 g/mol. The summed E-state index contributed by atoms with van der Waals surface area (Å²) in [5.74, 6) is -0.204. The van der Waals surface area contributed by atoms with Gasteiger partial charge in [0.05, 0.1) is 5.92 Å². The van der Waals surface area contributed by atoms with Crippen LogP contribution < -0.4 is 11.5 Å². The van der Waals surface area contributed by atoms with Gasteiger partial charge in [0.15, 0.2) is 0 Å². The topological polar surface area (TPSA) is 69.1 Å². The lowest BCUT2D eigenvalue weighted by atomic mass is 9.91. The maximum atomic E-state index is 11.3. The Balaban J connectivity index is 2.79. The predicted octanol–water partition coefficient (Wildman–Crippen LogP) is 2.46. The second kappa shape index (κ2) is 7.74. The van der Waals surface area contributed by atoms with Crippen molar-refractivity contribution in [3.8, 4) is 0 Å². The predicted molar refractivity (Wildman–Crippen MR) is 80.3 cm³/mol. The Morgan fingerprint density at radius 3 is 2.63 bits per heavy atom. The lowest BCUT2D eigenvalue weighted by Gasteiger charge is -2.16. The monoisotopic (exact) mass is 260 g/mol. The lowest BCUT2D eigenvalue weighted by molar-refractivity contribution is -0.121. The number of carbonyl (C=O) groups excluding carboxylic acids is 1. The molecular formula is C16H24N2O. The molecule has 0 aromatic rings. The highest BCUT2D eigenvalue weighted by molar-refractivity contribution is 5.77. The van der Waals surface area contributed by atoms with Crippen molar-refractivity contribution in [1.29, 1.82) is 0 Å². The van der Waals surface area contributed by atoms with Gasteiger partial charge in [-0.25, -0.2) is 0 Å². The molecule has 1 rings (SSSR count). The van der Waals surface area contributed by atoms with Crippen LogP contribution in [0.15, 0.2) is 47.6 Å². The van der Waals surface area contributed by atoms with Crippen LogP contribution in [0.4, 0.5) is 0 Å². The van der Waals surface area contributed by atoms with E-state index < -0.39 is 0 Å². The molecule has 0 aliphatic heterocycles. The molecule has 1 atom stereocenters. The maximum absolute atomic E-state index is 11.3. The fraction of sp³-hybridized carbons (Fsp3) is 0.438. The number of nitrogens with two attached hydrogens (primary N) is 2. The van der Waals surface area contributed by atoms with Crippen LogP contribution in [0.25, 0.3) is 0 Å². The van der Waals surface area contributed by atoms with Crippen molar-refractivity contribution < 1.29 is 4.79 Å². The van der Waals surface area contributed by atoms with E-state index in [0.29, 0.717) is 18.9 Å². The first-order valence-corrected chi connectivity index (χ1v) is 6.76. The largest absolute Gasteiger partial charge is 0.369 e. The Labute approximate surface area is 115 Å². The molecule has 4 N–H and O–H groups in total. The van der Waals surface area contributed by atoms with Crippen molar-refractivity contribution in [1.82, 2.24) is 0 Å². The zero-order valence-electron chi connectivity index (χ0n) is 11.8. The average Bonchev–Trinajstić information content (AvgIpc) is 2.39. The third-order valence-corrected chi connectivity index (χ3v) is 3.33. The number of hydrogen-bond acceptors (Lipinski definition) is 2. The molecule has 1 aliphatic rings. The second-order valence-corrected chi connectivity index (χ2v) is 5.17. The van der Waals surface area contributed by atoms with E-state index in [1.165, 1.54) is 11.1 Å². The number of carbonyl (C=O) groups is 1. The van der Waals surface area contributed by atoms with Crippen molar-refractivity contribution in [2.45, 2.75) is 26.7 Å². The van der Waals surface area contributed by atoms with Gasteiger partial charge in [-0.3, -0.25) is 4.79 Å². The van der Waals surface area contributed by atoms with Crippen LogP contribution in [0.1, 0.15) is 26.7 Å². The molecule has 19 heavy (non-hydrogen) atoms. The fourth-order valence-corrected chi connectivity index (χ4v) is 1.95. The third-order valence-electron chi connectivity index (χ3n) is 3.33. The summed E-state index contributed by atoms with van der Waals surface area (Å²) in [5.41, 5.74) is 13.4. The van der Waals surface area contributed by atoms with E-state index in [9.17, 15) is 4.79 Å². The molecule has 0 radical (unpaired) electrons. The quantitative estimate of drug-likeness (QED) is 0.770. The van der Waals surface area contributed by atoms with E-state index in [1.807, 2.05) is 12.2 Å². The Morgan fingerprint density at radius 2 is 2.16 bits per heavy atom. The van der Waals surface area contributed by atoms with E-state index >= 15 is 0 Å². The zero-order chi connectivity index (χ0) is 14.3. The molecule has 0 heterocycles. The van der Waals surface area contributed by atoms with Crippen molar-refractivity contribution in [2.24, 2.45) is 23.3 Å². The Bertz CT molecular complexity index is 428. The molecule has 1 aliphatic carbocycles. The van der Waals surface area contributed by atoms with E-state index in [2.05, 4.69) is 38.2 Å². The van der Waals surface area contributed by atoms with Crippen LogP contribution >= 0.6 is 0 Å². The summed E-state index contributed by atoms with van der Waals surface area (Å²) >= 11 is 0. The average molecular weight is 260 g/mol. The summed E-state index contributed by atoms with van der Waals surface area (Å²) in [7, 11) is 0. The minimum atomic E-state index is -0.317. The Kier molecular flexibility index (Phi) is 6.30. The molecule has 104 valence electrons. The summed E-state index contributed by atoms with van der Waals surface area (Å²) in [5, 5.41) is 0. The van der Waals surface area contributed by atoms with E-state index in [0.717, 1.165) is 6.42 Å². The molecule has 3 heteroatoms. The van der Waals surface area contributed by atoms with Gasteiger partial charge in [0.2, 0.25) is 5.91 Å². The minimum absolute atomic E-state index is 0.270. The SMILES string of the molecule is CC(C)/C(=C\C=C1\C=CC=CC1)CC(CN)C(N)=O. The third kappa shape index (κ3) is 5.26. The van der Waals surface area contributed by atoms with Crippen LogP contribution in [-0.4, -0.2) is 12.5 Å². The molecule has 1 amide bonds. The number of hydrogen-bond donors (Lipinski definition) is 2. The van der Waals surface area contributed by atoms with Gasteiger partial charge in [-0.15, -0.1) is 0 Å². The fourth-order valence-electron chi connectivity index (χ4n) is 1.95. The smallest absolute Gasteiger partial charge is 0.222 e. The van der Waals surface area contributed by atoms with Crippen LogP contribution in [-0.2, 0) is 4.79 Å². The standard InChI is InChI=1S/C16H24N2O/c1-12(2)14(10-15(11-17)16(18)19)9-8-13-6-4-3-5-7-13/h3-6,8-9,12,15H,7,10-11,17H2,1-2H3,(H2,18,19)/b13-8-,14-9-. The van der Waals surface area contributed by atoms with Crippen LogP contribution in [0.2, 0.25) is 0 Å². The number of primary amides is 1. The van der Waals surface area contributed by atoms with Gasteiger partial charge < -0.3 is 11.5 Å². The highest BCUT2D eigenvalue weighted by Gasteiger charge is 2.16. The molecule has 0 spiro atoms. The second-order valence-electron chi connectivity index (χ2n) is 5.17. The summed E-state index contributed by atoms with van der Waals surface area (Å²) in [6.07, 6.45) is 14.1. The molecule has 0 fully saturated rings. The zero-order valence-corrected chi connectivity index (χ0v) is 11.8. The first kappa shape index (κ1) is 15.4. The maximum Gasteiger partial charge on any atom is 0.222 e. The Morgan fingerprint density at radius 1 is 1.42 bits per heavy atom. The van der Waals surface area contributed by atoms with E-state index in [1.54, 1.807) is 0 Å². The van der Waals surface area contributed by atoms with E-state index in [4.69, 9.17) is 11.5 Å². The van der Waals surface area contributed by atoms with Gasteiger partial charge in [-0.2, -0.15) is 0 Å². The van der Waals surface area contributed by atoms with Crippen molar-refractivity contribution in [3.63, 3.8) is 0 Å². The highest BCUT2D eigenvalue weighted by atomic mass is 16.1. The van der Waals surface area contributed by atoms with Gasteiger partial charge in [-0.05, 0) is 24.3 Å². The molecule has 0 saturated heterocycles. The van der Waals surface area contributed by atoms with Gasteiger partial charge in [0.25, 0.3) is 0 Å². The van der Waals surface area contributed by atoms with Crippen LogP contribution in [0, 0.1) is 11.8 Å². The summed E-state index contributed by atoms with van der Waals surface area (Å²) in [6.45, 7) is 4.55. The first-order valence-electron chi connectivity index (χ1n) is 6.76. The van der Waals surface area contributed by atoms with Crippen molar-refractivity contribution in [3.05, 3.63) is 47.6 Å². The van der Waals surface area contributed by atoms with Gasteiger partial charge in [-0.1, -0.05) is 55.9 Å². The van der Waals surface area contributed by atoms with Crippen LogP contribution in [0.3, 0.4) is 0 Å². The molecule has 1 unspecified atom stereocenters. The highest BCUT2D eigenvalue weighted by Crippen LogP contribution is 2.20.